The van der Waals surface area contributed by atoms with Gasteiger partial charge in [-0.05, 0) is 36.6 Å². The molecule has 0 radical (unpaired) electrons. The fourth-order valence-corrected chi connectivity index (χ4v) is 7.08. The van der Waals surface area contributed by atoms with Gasteiger partial charge in [-0.2, -0.15) is 0 Å². The number of carbonyl (C=O) groups excluding carboxylic acids is 1. The molecule has 6 heteroatoms. The van der Waals surface area contributed by atoms with Crippen molar-refractivity contribution in [3.05, 3.63) is 41.0 Å². The Bertz CT molecular complexity index is 955. The minimum Gasteiger partial charge on any atom is -0.504 e. The summed E-state index contributed by atoms with van der Waals surface area (Å²) in [6.07, 6.45) is 6.94. The Kier molecular flexibility index (Phi) is 3.10. The molecular formula is C21H21BrN2O3. The van der Waals surface area contributed by atoms with Crippen LogP contribution in [0.1, 0.15) is 24.8 Å². The van der Waals surface area contributed by atoms with E-state index < -0.39 is 0 Å². The quantitative estimate of drug-likeness (QED) is 0.410. The predicted molar refractivity (Wildman–Crippen MR) is 105 cm³/mol. The number of piperidine rings is 1. The monoisotopic (exact) mass is 428 g/mol. The van der Waals surface area contributed by atoms with Crippen LogP contribution in [0.15, 0.2) is 35.4 Å². The van der Waals surface area contributed by atoms with Gasteiger partial charge in [0.1, 0.15) is 0 Å². The van der Waals surface area contributed by atoms with E-state index >= 15 is 0 Å². The van der Waals surface area contributed by atoms with Gasteiger partial charge >= 0.3 is 0 Å². The summed E-state index contributed by atoms with van der Waals surface area (Å²) in [4.78, 5) is 17.5. The van der Waals surface area contributed by atoms with Gasteiger partial charge in [0.2, 0.25) is 5.91 Å². The second kappa shape index (κ2) is 5.17. The lowest BCUT2D eigenvalue weighted by Crippen LogP contribution is -2.62. The molecule has 1 aromatic rings. The van der Waals surface area contributed by atoms with Crippen LogP contribution >= 0.6 is 15.9 Å². The Hall–Kier alpha value is -1.79. The van der Waals surface area contributed by atoms with Crippen LogP contribution in [0.4, 0.5) is 5.69 Å². The van der Waals surface area contributed by atoms with Crippen molar-refractivity contribution in [2.45, 2.75) is 36.8 Å². The maximum atomic E-state index is 13.0. The van der Waals surface area contributed by atoms with Gasteiger partial charge in [0, 0.05) is 41.7 Å². The number of carbonyl (C=O) groups is 1. The highest BCUT2D eigenvalue weighted by Crippen LogP contribution is 2.64. The second-order valence-electron chi connectivity index (χ2n) is 8.43. The van der Waals surface area contributed by atoms with Crippen LogP contribution < -0.4 is 4.90 Å². The van der Waals surface area contributed by atoms with Crippen molar-refractivity contribution in [1.29, 1.82) is 0 Å². The van der Waals surface area contributed by atoms with E-state index in [9.17, 15) is 15.0 Å². The summed E-state index contributed by atoms with van der Waals surface area (Å²) < 4.78 is 0. The number of phenolic OH excluding ortho intramolecular Hbond substituents is 2. The van der Waals surface area contributed by atoms with Crippen molar-refractivity contribution >= 4 is 27.5 Å². The van der Waals surface area contributed by atoms with Crippen LogP contribution in [0, 0.1) is 5.92 Å². The van der Waals surface area contributed by atoms with Crippen molar-refractivity contribution in [2.24, 2.45) is 5.92 Å². The number of hydrogen-bond donors (Lipinski definition) is 2. The molecule has 1 amide bonds. The van der Waals surface area contributed by atoms with Crippen LogP contribution in [0.2, 0.25) is 0 Å². The number of benzene rings is 1. The number of amides is 1. The number of fused-ring (bicyclic) bond motifs is 4. The summed E-state index contributed by atoms with van der Waals surface area (Å²) >= 11 is 3.56. The first-order valence-electron chi connectivity index (χ1n) is 9.63. The maximum absolute atomic E-state index is 13.0. The Labute approximate surface area is 166 Å². The number of hydrogen-bond acceptors (Lipinski definition) is 4. The van der Waals surface area contributed by atoms with Crippen LogP contribution in [0.25, 0.3) is 0 Å². The molecule has 2 N–H and O–H groups in total. The first-order valence-corrected chi connectivity index (χ1v) is 10.8. The molecule has 4 heterocycles. The standard InChI is InChI=1S/C21H21BrN2O3/c22-5-3-11-10-23-6-4-21-14-8-16(25)17(26)9-15(14)24-19(27)2-1-12(20(21)24)13(11)7-18(21)23/h1,3,8-9,13,18,20,25-26H,2,4-7,10H2/b11-3+/t13-,18-,20+,21+/m1/s1. The Morgan fingerprint density at radius 1 is 1.30 bits per heavy atom. The van der Waals surface area contributed by atoms with Gasteiger partial charge in [-0.25, -0.2) is 0 Å². The summed E-state index contributed by atoms with van der Waals surface area (Å²) in [5.41, 5.74) is 4.50. The van der Waals surface area contributed by atoms with Gasteiger partial charge in [-0.3, -0.25) is 9.69 Å². The van der Waals surface area contributed by atoms with Crippen molar-refractivity contribution in [1.82, 2.24) is 4.90 Å². The Morgan fingerprint density at radius 3 is 2.93 bits per heavy atom. The van der Waals surface area contributed by atoms with Crippen LogP contribution in [-0.2, 0) is 10.2 Å². The SMILES string of the molecule is O=C1CC=C2[C@@H]3N1c1cc(O)c(O)cc1[C@]31CCN3C/C(=C\CBr)[C@H]2C[C@@H]31. The van der Waals surface area contributed by atoms with E-state index in [-0.39, 0.29) is 28.9 Å². The van der Waals surface area contributed by atoms with E-state index in [0.29, 0.717) is 18.4 Å². The van der Waals surface area contributed by atoms with Crippen molar-refractivity contribution in [3.8, 4) is 11.5 Å². The first-order chi connectivity index (χ1) is 13.1. The third-order valence-corrected chi connectivity index (χ3v) is 7.90. The minimum absolute atomic E-state index is 0.0164. The second-order valence-corrected chi connectivity index (χ2v) is 9.08. The highest BCUT2D eigenvalue weighted by molar-refractivity contribution is 9.09. The molecular weight excluding hydrogens is 408 g/mol. The molecule has 140 valence electrons. The lowest BCUT2D eigenvalue weighted by Gasteiger charge is -2.54. The topological polar surface area (TPSA) is 64.0 Å². The van der Waals surface area contributed by atoms with E-state index in [0.717, 1.165) is 42.5 Å². The fraction of sp³-hybridized carbons (Fsp3) is 0.476. The molecule has 6 rings (SSSR count). The van der Waals surface area contributed by atoms with E-state index in [1.165, 1.54) is 11.1 Å². The number of anilines is 1. The molecule has 27 heavy (non-hydrogen) atoms. The third kappa shape index (κ3) is 1.77. The summed E-state index contributed by atoms with van der Waals surface area (Å²) in [5, 5.41) is 21.2. The average molecular weight is 429 g/mol. The zero-order valence-electron chi connectivity index (χ0n) is 14.9. The van der Waals surface area contributed by atoms with Gasteiger partial charge in [0.05, 0.1) is 11.7 Å². The summed E-state index contributed by atoms with van der Waals surface area (Å²) in [6.45, 7) is 1.99. The van der Waals surface area contributed by atoms with Gasteiger partial charge in [0.25, 0.3) is 0 Å². The smallest absolute Gasteiger partial charge is 0.231 e. The molecule has 4 atom stereocenters. The molecule has 0 unspecified atom stereocenters. The number of alkyl halides is 1. The molecule has 1 aliphatic carbocycles. The lowest BCUT2D eigenvalue weighted by atomic mass is 9.57. The van der Waals surface area contributed by atoms with Gasteiger partial charge in [0.15, 0.2) is 11.5 Å². The minimum atomic E-state index is -0.168. The lowest BCUT2D eigenvalue weighted by molar-refractivity contribution is -0.118. The number of phenols is 2. The molecule has 0 aromatic heterocycles. The average Bonchev–Trinajstić information content (AvgIpc) is 3.17. The van der Waals surface area contributed by atoms with Gasteiger partial charge in [-0.1, -0.05) is 33.7 Å². The molecule has 2 bridgehead atoms. The van der Waals surface area contributed by atoms with E-state index in [4.69, 9.17) is 0 Å². The normalized spacial score (nSPS) is 37.4. The number of rotatable bonds is 1. The van der Waals surface area contributed by atoms with Crippen molar-refractivity contribution < 1.29 is 15.0 Å². The highest BCUT2D eigenvalue weighted by Gasteiger charge is 2.67. The fourth-order valence-electron chi connectivity index (χ4n) is 6.66. The highest BCUT2D eigenvalue weighted by atomic mass is 79.9. The van der Waals surface area contributed by atoms with Crippen LogP contribution in [-0.4, -0.2) is 51.5 Å². The number of aromatic hydroxyl groups is 2. The Morgan fingerprint density at radius 2 is 2.11 bits per heavy atom. The van der Waals surface area contributed by atoms with Crippen molar-refractivity contribution in [2.75, 3.05) is 23.3 Å². The predicted octanol–water partition coefficient (Wildman–Crippen LogP) is 2.81. The molecule has 2 saturated heterocycles. The molecule has 1 aromatic carbocycles. The van der Waals surface area contributed by atoms with Gasteiger partial charge < -0.3 is 15.1 Å². The molecule has 1 spiro atoms. The largest absolute Gasteiger partial charge is 0.504 e. The summed E-state index contributed by atoms with van der Waals surface area (Å²) in [5.74, 6) is 0.256. The van der Waals surface area contributed by atoms with E-state index in [2.05, 4.69) is 33.0 Å². The van der Waals surface area contributed by atoms with Gasteiger partial charge in [-0.15, -0.1) is 0 Å². The molecule has 1 saturated carbocycles. The summed E-state index contributed by atoms with van der Waals surface area (Å²) in [6, 6.07) is 3.71. The zero-order valence-corrected chi connectivity index (χ0v) is 16.4. The summed E-state index contributed by atoms with van der Waals surface area (Å²) in [7, 11) is 0. The van der Waals surface area contributed by atoms with E-state index in [1.807, 2.05) is 4.90 Å². The van der Waals surface area contributed by atoms with Crippen molar-refractivity contribution in [3.63, 3.8) is 0 Å². The third-order valence-electron chi connectivity index (χ3n) is 7.58. The first kappa shape index (κ1) is 16.2. The molecule has 3 fully saturated rings. The molecule has 5 aliphatic rings. The Balaban J connectivity index is 1.64. The number of allylic oxidation sites excluding steroid dienone is 1. The van der Waals surface area contributed by atoms with Crippen LogP contribution in [0.3, 0.4) is 0 Å². The number of nitrogens with zero attached hydrogens (tertiary/aromatic N) is 2. The number of halogens is 1. The molecule has 5 nitrogen and oxygen atoms in total. The zero-order chi connectivity index (χ0) is 18.5. The van der Waals surface area contributed by atoms with Crippen LogP contribution in [0.5, 0.6) is 11.5 Å². The molecule has 4 aliphatic heterocycles. The maximum Gasteiger partial charge on any atom is 0.231 e. The van der Waals surface area contributed by atoms with E-state index in [1.54, 1.807) is 12.1 Å².